The predicted octanol–water partition coefficient (Wildman–Crippen LogP) is 2.52. The van der Waals surface area contributed by atoms with Gasteiger partial charge < -0.3 is 4.57 Å². The van der Waals surface area contributed by atoms with Gasteiger partial charge in [-0.2, -0.15) is 5.10 Å². The number of benzene rings is 1. The van der Waals surface area contributed by atoms with Gasteiger partial charge in [0.15, 0.2) is 5.82 Å². The van der Waals surface area contributed by atoms with Gasteiger partial charge in [-0.3, -0.25) is 9.89 Å². The van der Waals surface area contributed by atoms with Crippen LogP contribution < -0.4 is 5.56 Å². The third-order valence-corrected chi connectivity index (χ3v) is 4.48. The molecule has 0 bridgehead atoms. The second-order valence-electron chi connectivity index (χ2n) is 6.19. The summed E-state index contributed by atoms with van der Waals surface area (Å²) in [4.78, 5) is 16.0. The van der Waals surface area contributed by atoms with Crippen LogP contribution in [0, 0.1) is 5.92 Å². The molecule has 1 saturated carbocycles. The summed E-state index contributed by atoms with van der Waals surface area (Å²) in [5, 5.41) is 7.32. The molecule has 4 rings (SSSR count). The van der Waals surface area contributed by atoms with E-state index in [0.29, 0.717) is 17.7 Å². The highest BCUT2D eigenvalue weighted by molar-refractivity contribution is 5.52. The molecule has 23 heavy (non-hydrogen) atoms. The number of nitrogens with one attached hydrogen (secondary N) is 1. The summed E-state index contributed by atoms with van der Waals surface area (Å²) in [5.41, 5.74) is 2.23. The molecule has 1 N–H and O–H groups in total. The van der Waals surface area contributed by atoms with E-state index >= 15 is 0 Å². The molecule has 2 atom stereocenters. The number of nitrogens with zero attached hydrogens (tertiary/aromatic N) is 3. The molecule has 1 fully saturated rings. The van der Waals surface area contributed by atoms with Gasteiger partial charge in [0, 0.05) is 31.3 Å². The fraction of sp³-hybridized carbons (Fsp3) is 0.278. The molecule has 2 heterocycles. The highest BCUT2D eigenvalue weighted by Gasteiger charge is 2.38. The average Bonchev–Trinajstić information content (AvgIpc) is 3.18. The minimum Gasteiger partial charge on any atom is -0.318 e. The zero-order valence-corrected chi connectivity index (χ0v) is 12.9. The monoisotopic (exact) mass is 306 g/mol. The van der Waals surface area contributed by atoms with Gasteiger partial charge in [-0.15, -0.1) is 0 Å². The Bertz CT molecular complexity index is 881. The summed E-state index contributed by atoms with van der Waals surface area (Å²) in [6.07, 6.45) is 3.89. The normalized spacial score (nSPS) is 19.7. The molecule has 116 valence electrons. The molecule has 0 amide bonds. The van der Waals surface area contributed by atoms with E-state index in [9.17, 15) is 4.79 Å². The first-order valence-electron chi connectivity index (χ1n) is 7.84. The first-order valence-corrected chi connectivity index (χ1v) is 7.84. The minimum absolute atomic E-state index is 0.0341. The first kappa shape index (κ1) is 13.9. The Balaban J connectivity index is 1.47. The third-order valence-electron chi connectivity index (χ3n) is 4.48. The molecular weight excluding hydrogens is 288 g/mol. The highest BCUT2D eigenvalue weighted by Crippen LogP contribution is 2.48. The molecule has 1 aromatic carbocycles. The Morgan fingerprint density at radius 3 is 2.83 bits per heavy atom. The van der Waals surface area contributed by atoms with Crippen LogP contribution in [0.4, 0.5) is 0 Å². The van der Waals surface area contributed by atoms with Crippen molar-refractivity contribution in [1.29, 1.82) is 0 Å². The maximum Gasteiger partial charge on any atom is 0.250 e. The Morgan fingerprint density at radius 2 is 2.04 bits per heavy atom. The van der Waals surface area contributed by atoms with Crippen LogP contribution in [0.15, 0.2) is 53.5 Å². The molecule has 1 aliphatic carbocycles. The van der Waals surface area contributed by atoms with Crippen LogP contribution in [0.2, 0.25) is 0 Å². The van der Waals surface area contributed by atoms with Gasteiger partial charge in [0.1, 0.15) is 5.82 Å². The summed E-state index contributed by atoms with van der Waals surface area (Å²) in [6.45, 7) is 0. The molecule has 1 aliphatic rings. The summed E-state index contributed by atoms with van der Waals surface area (Å²) in [7, 11) is 1.73. The van der Waals surface area contributed by atoms with Gasteiger partial charge >= 0.3 is 0 Å². The van der Waals surface area contributed by atoms with E-state index in [1.807, 2.05) is 0 Å². The van der Waals surface area contributed by atoms with Crippen LogP contribution in [-0.4, -0.2) is 19.7 Å². The summed E-state index contributed by atoms with van der Waals surface area (Å²) in [5.74, 6) is 2.84. The second-order valence-corrected chi connectivity index (χ2v) is 6.19. The van der Waals surface area contributed by atoms with Crippen molar-refractivity contribution in [1.82, 2.24) is 19.7 Å². The lowest BCUT2D eigenvalue weighted by molar-refractivity contribution is 0.748. The predicted molar refractivity (Wildman–Crippen MR) is 88.1 cm³/mol. The lowest BCUT2D eigenvalue weighted by atomic mass is 10.1. The van der Waals surface area contributed by atoms with Gasteiger partial charge in [-0.1, -0.05) is 30.3 Å². The van der Waals surface area contributed by atoms with Crippen LogP contribution in [-0.2, 0) is 13.5 Å². The van der Waals surface area contributed by atoms with E-state index < -0.39 is 0 Å². The van der Waals surface area contributed by atoms with E-state index in [1.54, 1.807) is 19.3 Å². The summed E-state index contributed by atoms with van der Waals surface area (Å²) in [6, 6.07) is 13.9. The van der Waals surface area contributed by atoms with Gasteiger partial charge in [-0.05, 0) is 29.9 Å². The lowest BCUT2D eigenvalue weighted by Gasteiger charge is -1.99. The van der Waals surface area contributed by atoms with Crippen molar-refractivity contribution >= 4 is 0 Å². The van der Waals surface area contributed by atoms with E-state index in [0.717, 1.165) is 17.8 Å². The largest absolute Gasteiger partial charge is 0.318 e. The van der Waals surface area contributed by atoms with Crippen molar-refractivity contribution in [2.24, 2.45) is 13.0 Å². The SMILES string of the molecule is Cn1cc(-c2n[nH]c(C[C@@H]3C[C@H]3c3ccccc3)n2)ccc1=O. The molecule has 0 unspecified atom stereocenters. The number of hydrogen-bond donors (Lipinski definition) is 1. The summed E-state index contributed by atoms with van der Waals surface area (Å²) >= 11 is 0. The standard InChI is InChI=1S/C18H18N4O/c1-22-11-13(7-8-17(22)23)18-19-16(20-21-18)10-14-9-15(14)12-5-3-2-4-6-12/h2-8,11,14-15H,9-10H2,1H3,(H,19,20,21)/t14-,15-/m0/s1. The number of rotatable bonds is 4. The summed E-state index contributed by atoms with van der Waals surface area (Å²) < 4.78 is 1.54. The molecule has 0 spiro atoms. The van der Waals surface area contributed by atoms with Crippen LogP contribution in [0.25, 0.3) is 11.4 Å². The highest BCUT2D eigenvalue weighted by atomic mass is 16.1. The lowest BCUT2D eigenvalue weighted by Crippen LogP contribution is -2.14. The number of hydrogen-bond acceptors (Lipinski definition) is 3. The molecule has 5 nitrogen and oxygen atoms in total. The third kappa shape index (κ3) is 2.82. The van der Waals surface area contributed by atoms with Gasteiger partial charge in [0.2, 0.25) is 5.56 Å². The van der Waals surface area contributed by atoms with E-state index in [4.69, 9.17) is 0 Å². The van der Waals surface area contributed by atoms with E-state index in [-0.39, 0.29) is 5.56 Å². The van der Waals surface area contributed by atoms with Crippen molar-refractivity contribution in [2.75, 3.05) is 0 Å². The molecule has 5 heteroatoms. The zero-order valence-electron chi connectivity index (χ0n) is 12.9. The Kier molecular flexibility index (Phi) is 3.33. The van der Waals surface area contributed by atoms with E-state index in [2.05, 4.69) is 45.5 Å². The first-order chi connectivity index (χ1) is 11.2. The minimum atomic E-state index is -0.0341. The van der Waals surface area contributed by atoms with Crippen molar-refractivity contribution in [3.05, 3.63) is 70.4 Å². The van der Waals surface area contributed by atoms with Gasteiger partial charge in [-0.25, -0.2) is 4.98 Å². The maximum atomic E-state index is 11.4. The van der Waals surface area contributed by atoms with Gasteiger partial charge in [0.05, 0.1) is 0 Å². The Morgan fingerprint density at radius 1 is 1.22 bits per heavy atom. The van der Waals surface area contributed by atoms with Crippen molar-refractivity contribution in [2.45, 2.75) is 18.8 Å². The molecule has 0 saturated heterocycles. The fourth-order valence-electron chi connectivity index (χ4n) is 3.07. The molecular formula is C18H18N4O. The number of aryl methyl sites for hydroxylation is 1. The Labute approximate surface area is 134 Å². The average molecular weight is 306 g/mol. The second kappa shape index (κ2) is 5.50. The van der Waals surface area contributed by atoms with Crippen molar-refractivity contribution in [3.63, 3.8) is 0 Å². The fourth-order valence-corrected chi connectivity index (χ4v) is 3.07. The Hall–Kier alpha value is -2.69. The maximum absolute atomic E-state index is 11.4. The smallest absolute Gasteiger partial charge is 0.250 e. The number of aromatic amines is 1. The number of pyridine rings is 1. The van der Waals surface area contributed by atoms with Crippen LogP contribution in [0.1, 0.15) is 23.7 Å². The van der Waals surface area contributed by atoms with Crippen LogP contribution in [0.3, 0.4) is 0 Å². The molecule has 0 radical (unpaired) electrons. The van der Waals surface area contributed by atoms with E-state index in [1.165, 1.54) is 22.6 Å². The molecule has 0 aliphatic heterocycles. The zero-order chi connectivity index (χ0) is 15.8. The van der Waals surface area contributed by atoms with Crippen LogP contribution >= 0.6 is 0 Å². The van der Waals surface area contributed by atoms with Crippen molar-refractivity contribution in [3.8, 4) is 11.4 Å². The van der Waals surface area contributed by atoms with Crippen molar-refractivity contribution < 1.29 is 0 Å². The number of H-pyrrole nitrogens is 1. The van der Waals surface area contributed by atoms with Gasteiger partial charge in [0.25, 0.3) is 0 Å². The topological polar surface area (TPSA) is 63.6 Å². The number of aromatic nitrogens is 4. The van der Waals surface area contributed by atoms with Crippen LogP contribution in [0.5, 0.6) is 0 Å². The molecule has 2 aromatic heterocycles. The quantitative estimate of drug-likeness (QED) is 0.805. The molecule has 3 aromatic rings.